The van der Waals surface area contributed by atoms with Gasteiger partial charge in [-0.25, -0.2) is 4.98 Å². The number of aromatic nitrogens is 3. The zero-order chi connectivity index (χ0) is 14.3. The molecule has 0 saturated heterocycles. The Morgan fingerprint density at radius 1 is 1.40 bits per heavy atom. The average molecular weight is 276 g/mol. The van der Waals surface area contributed by atoms with E-state index in [-0.39, 0.29) is 23.8 Å². The van der Waals surface area contributed by atoms with Crippen molar-refractivity contribution in [3.63, 3.8) is 0 Å². The van der Waals surface area contributed by atoms with Gasteiger partial charge in [0.25, 0.3) is 0 Å². The summed E-state index contributed by atoms with van der Waals surface area (Å²) >= 11 is 0. The van der Waals surface area contributed by atoms with E-state index in [0.29, 0.717) is 5.82 Å². The Balaban J connectivity index is 1.73. The number of carbonyl (C=O) groups is 2. The van der Waals surface area contributed by atoms with Crippen molar-refractivity contribution in [3.05, 3.63) is 24.3 Å². The molecule has 2 bridgehead atoms. The van der Waals surface area contributed by atoms with Crippen LogP contribution in [0, 0.1) is 23.7 Å². The molecule has 2 aliphatic carbocycles. The lowest BCUT2D eigenvalue weighted by molar-refractivity contribution is -0.148. The van der Waals surface area contributed by atoms with E-state index in [4.69, 9.17) is 0 Å². The number of amides is 1. The normalized spacial score (nSPS) is 32.2. The average Bonchev–Trinajstić information content (AvgIpc) is 3.13. The molecule has 1 heterocycles. The van der Waals surface area contributed by atoms with Crippen molar-refractivity contribution in [1.29, 1.82) is 0 Å². The van der Waals surface area contributed by atoms with Crippen LogP contribution in [0.5, 0.6) is 0 Å². The number of nitrogens with zero attached hydrogens (tertiary/aromatic N) is 2. The summed E-state index contributed by atoms with van der Waals surface area (Å²) in [6.07, 6.45) is 6.02. The number of carbonyl (C=O) groups excluding carboxylic acids is 1. The molecule has 2 aliphatic rings. The number of carboxylic acids is 1. The van der Waals surface area contributed by atoms with E-state index in [9.17, 15) is 14.7 Å². The van der Waals surface area contributed by atoms with Gasteiger partial charge in [-0.15, -0.1) is 0 Å². The largest absolute Gasteiger partial charge is 0.481 e. The molecule has 7 heteroatoms. The van der Waals surface area contributed by atoms with Gasteiger partial charge >= 0.3 is 5.97 Å². The summed E-state index contributed by atoms with van der Waals surface area (Å²) in [5, 5.41) is 18.6. The van der Waals surface area contributed by atoms with E-state index in [1.54, 1.807) is 6.92 Å². The van der Waals surface area contributed by atoms with Crippen LogP contribution in [-0.4, -0.2) is 32.2 Å². The second kappa shape index (κ2) is 4.73. The Morgan fingerprint density at radius 3 is 2.70 bits per heavy atom. The van der Waals surface area contributed by atoms with Gasteiger partial charge in [0.15, 0.2) is 0 Å². The van der Waals surface area contributed by atoms with Crippen LogP contribution in [0.1, 0.15) is 25.2 Å². The zero-order valence-electron chi connectivity index (χ0n) is 11.0. The number of fused-ring (bicyclic) bond motifs is 2. The standard InChI is InChI=1S/C13H16N4O3/c1-6(11-14-5-15-17-11)16-12(18)9-7-2-3-8(4-7)10(9)13(19)20/h2-3,5-10H,4H2,1H3,(H,16,18)(H,19,20)(H,14,15,17)/t6?,7?,8?,9-,10+/m0/s1. The van der Waals surface area contributed by atoms with E-state index in [1.807, 2.05) is 12.2 Å². The third-order valence-corrected chi connectivity index (χ3v) is 4.25. The maximum Gasteiger partial charge on any atom is 0.307 e. The van der Waals surface area contributed by atoms with Crippen molar-refractivity contribution in [1.82, 2.24) is 20.5 Å². The van der Waals surface area contributed by atoms with E-state index < -0.39 is 17.8 Å². The zero-order valence-corrected chi connectivity index (χ0v) is 11.0. The molecule has 106 valence electrons. The lowest BCUT2D eigenvalue weighted by Gasteiger charge is -2.25. The van der Waals surface area contributed by atoms with Crippen molar-refractivity contribution in [2.75, 3.05) is 0 Å². The number of hydrogen-bond acceptors (Lipinski definition) is 4. The fraction of sp³-hybridized carbons (Fsp3) is 0.538. The van der Waals surface area contributed by atoms with Crippen LogP contribution < -0.4 is 5.32 Å². The Hall–Kier alpha value is -2.18. The first-order valence-corrected chi connectivity index (χ1v) is 6.64. The monoisotopic (exact) mass is 276 g/mol. The molecule has 0 aliphatic heterocycles. The number of allylic oxidation sites excluding steroid dienone is 2. The smallest absolute Gasteiger partial charge is 0.307 e. The maximum absolute atomic E-state index is 12.4. The second-order valence-electron chi connectivity index (χ2n) is 5.44. The van der Waals surface area contributed by atoms with Crippen LogP contribution in [0.2, 0.25) is 0 Å². The fourth-order valence-corrected chi connectivity index (χ4v) is 3.32. The molecule has 1 amide bonds. The quantitative estimate of drug-likeness (QED) is 0.694. The number of aromatic amines is 1. The van der Waals surface area contributed by atoms with Crippen LogP contribution >= 0.6 is 0 Å². The molecule has 7 nitrogen and oxygen atoms in total. The highest BCUT2D eigenvalue weighted by Gasteiger charge is 2.51. The molecule has 20 heavy (non-hydrogen) atoms. The van der Waals surface area contributed by atoms with Gasteiger partial charge < -0.3 is 10.4 Å². The maximum atomic E-state index is 12.4. The van der Waals surface area contributed by atoms with Gasteiger partial charge in [0, 0.05) is 0 Å². The van der Waals surface area contributed by atoms with Crippen molar-refractivity contribution in [2.45, 2.75) is 19.4 Å². The summed E-state index contributed by atoms with van der Waals surface area (Å²) < 4.78 is 0. The fourth-order valence-electron chi connectivity index (χ4n) is 3.32. The third-order valence-electron chi connectivity index (χ3n) is 4.25. The van der Waals surface area contributed by atoms with Gasteiger partial charge in [0.2, 0.25) is 5.91 Å². The molecule has 1 aromatic heterocycles. The van der Waals surface area contributed by atoms with Crippen molar-refractivity contribution < 1.29 is 14.7 Å². The highest BCUT2D eigenvalue weighted by molar-refractivity contribution is 5.87. The summed E-state index contributed by atoms with van der Waals surface area (Å²) in [5.74, 6) is -1.66. The Bertz CT molecular complexity index is 554. The van der Waals surface area contributed by atoms with E-state index in [2.05, 4.69) is 20.5 Å². The molecule has 1 aromatic rings. The number of H-pyrrole nitrogens is 1. The molecule has 1 saturated carbocycles. The van der Waals surface area contributed by atoms with Crippen LogP contribution in [0.25, 0.3) is 0 Å². The summed E-state index contributed by atoms with van der Waals surface area (Å²) in [4.78, 5) is 27.7. The first-order valence-electron chi connectivity index (χ1n) is 6.64. The van der Waals surface area contributed by atoms with Crippen molar-refractivity contribution >= 4 is 11.9 Å². The Morgan fingerprint density at radius 2 is 2.10 bits per heavy atom. The number of carboxylic acid groups (broad SMARTS) is 1. The molecule has 1 fully saturated rings. The Labute approximate surface area is 115 Å². The number of rotatable bonds is 4. The molecule has 5 atom stereocenters. The highest BCUT2D eigenvalue weighted by atomic mass is 16.4. The van der Waals surface area contributed by atoms with E-state index in [0.717, 1.165) is 6.42 Å². The Kier molecular flexibility index (Phi) is 3.04. The van der Waals surface area contributed by atoms with Gasteiger partial charge in [-0.1, -0.05) is 12.2 Å². The van der Waals surface area contributed by atoms with E-state index in [1.165, 1.54) is 6.33 Å². The minimum absolute atomic E-state index is 0.0196. The van der Waals surface area contributed by atoms with Gasteiger partial charge in [-0.3, -0.25) is 14.7 Å². The molecule has 3 unspecified atom stereocenters. The number of nitrogens with one attached hydrogen (secondary N) is 2. The second-order valence-corrected chi connectivity index (χ2v) is 5.44. The molecule has 0 aromatic carbocycles. The van der Waals surface area contributed by atoms with E-state index >= 15 is 0 Å². The van der Waals surface area contributed by atoms with Gasteiger partial charge in [0.1, 0.15) is 12.2 Å². The third kappa shape index (κ3) is 1.99. The minimum atomic E-state index is -0.894. The molecule has 3 rings (SSSR count). The summed E-state index contributed by atoms with van der Waals surface area (Å²) in [7, 11) is 0. The predicted octanol–water partition coefficient (Wildman–Crippen LogP) is 0.505. The summed E-state index contributed by atoms with van der Waals surface area (Å²) in [5.41, 5.74) is 0. The molecular formula is C13H16N4O3. The van der Waals surface area contributed by atoms with Gasteiger partial charge in [-0.05, 0) is 25.2 Å². The molecule has 3 N–H and O–H groups in total. The summed E-state index contributed by atoms with van der Waals surface area (Å²) in [6.45, 7) is 1.79. The van der Waals surface area contributed by atoms with Crippen LogP contribution in [0.4, 0.5) is 0 Å². The predicted molar refractivity (Wildman–Crippen MR) is 68.3 cm³/mol. The van der Waals surface area contributed by atoms with Gasteiger partial charge in [-0.2, -0.15) is 5.10 Å². The highest BCUT2D eigenvalue weighted by Crippen LogP contribution is 2.48. The van der Waals surface area contributed by atoms with Crippen LogP contribution in [-0.2, 0) is 9.59 Å². The van der Waals surface area contributed by atoms with Crippen LogP contribution in [0.3, 0.4) is 0 Å². The molecule has 0 spiro atoms. The van der Waals surface area contributed by atoms with Crippen molar-refractivity contribution in [3.8, 4) is 0 Å². The van der Waals surface area contributed by atoms with Crippen LogP contribution in [0.15, 0.2) is 18.5 Å². The topological polar surface area (TPSA) is 108 Å². The lowest BCUT2D eigenvalue weighted by Crippen LogP contribution is -2.41. The SMILES string of the molecule is CC(NC(=O)[C@H]1C2C=CC(C2)[C@H]1C(=O)O)c1ncn[nH]1. The molecular weight excluding hydrogens is 260 g/mol. The van der Waals surface area contributed by atoms with Crippen molar-refractivity contribution in [2.24, 2.45) is 23.7 Å². The lowest BCUT2D eigenvalue weighted by atomic mass is 9.82. The first kappa shape index (κ1) is 12.8. The number of hydrogen-bond donors (Lipinski definition) is 3. The number of aliphatic carboxylic acids is 1. The minimum Gasteiger partial charge on any atom is -0.481 e. The summed E-state index contributed by atoms with van der Waals surface area (Å²) in [6, 6.07) is -0.317. The van der Waals surface area contributed by atoms with Gasteiger partial charge in [0.05, 0.1) is 17.9 Å². The molecule has 0 radical (unpaired) electrons. The first-order chi connectivity index (χ1) is 9.58.